The molecule has 0 aromatic heterocycles. The van der Waals surface area contributed by atoms with Crippen molar-refractivity contribution in [3.05, 3.63) is 33.8 Å². The number of nitrogens with one attached hydrogen (secondary N) is 1. The zero-order valence-electron chi connectivity index (χ0n) is 11.8. The Morgan fingerprint density at radius 1 is 1.32 bits per heavy atom. The van der Waals surface area contributed by atoms with E-state index in [4.69, 9.17) is 0 Å². The molecule has 1 aliphatic heterocycles. The van der Waals surface area contributed by atoms with Crippen molar-refractivity contribution in [3.63, 3.8) is 0 Å². The van der Waals surface area contributed by atoms with Crippen LogP contribution in [0.2, 0.25) is 0 Å². The Morgan fingerprint density at radius 2 is 2.16 bits per heavy atom. The standard InChI is InChI=1S/C16H23BrN2/c1-11-10-12(8-9-19(11)2)18-16-7-6-13-14(16)4-3-5-15(13)17/h3-5,11-12,16,18H,6-10H2,1-2H3. The van der Waals surface area contributed by atoms with E-state index < -0.39 is 0 Å². The lowest BCUT2D eigenvalue weighted by atomic mass is 9.97. The van der Waals surface area contributed by atoms with Gasteiger partial charge in [-0.3, -0.25) is 0 Å². The predicted molar refractivity (Wildman–Crippen MR) is 83.5 cm³/mol. The quantitative estimate of drug-likeness (QED) is 0.896. The molecule has 104 valence electrons. The molecule has 3 unspecified atom stereocenters. The molecule has 1 saturated heterocycles. The molecule has 0 radical (unpaired) electrons. The summed E-state index contributed by atoms with van der Waals surface area (Å²) in [7, 11) is 2.24. The number of hydrogen-bond acceptors (Lipinski definition) is 2. The fraction of sp³-hybridized carbons (Fsp3) is 0.625. The summed E-state index contributed by atoms with van der Waals surface area (Å²) in [6.45, 7) is 3.56. The summed E-state index contributed by atoms with van der Waals surface area (Å²) in [4.78, 5) is 2.47. The van der Waals surface area contributed by atoms with E-state index in [1.807, 2.05) is 0 Å². The van der Waals surface area contributed by atoms with Crippen molar-refractivity contribution in [2.45, 2.75) is 50.7 Å². The number of likely N-dealkylation sites (tertiary alicyclic amines) is 1. The van der Waals surface area contributed by atoms with Crippen molar-refractivity contribution < 1.29 is 0 Å². The molecule has 1 aromatic rings. The molecule has 1 N–H and O–H groups in total. The molecule has 0 bridgehead atoms. The minimum Gasteiger partial charge on any atom is -0.307 e. The van der Waals surface area contributed by atoms with E-state index in [-0.39, 0.29) is 0 Å². The van der Waals surface area contributed by atoms with Gasteiger partial charge in [0, 0.05) is 22.6 Å². The van der Waals surface area contributed by atoms with E-state index in [0.29, 0.717) is 18.1 Å². The minimum absolute atomic E-state index is 0.563. The van der Waals surface area contributed by atoms with Gasteiger partial charge in [0.05, 0.1) is 0 Å². The van der Waals surface area contributed by atoms with Gasteiger partial charge in [-0.1, -0.05) is 28.1 Å². The Kier molecular flexibility index (Phi) is 3.97. The first-order valence-corrected chi connectivity index (χ1v) is 8.18. The molecule has 1 aliphatic carbocycles. The van der Waals surface area contributed by atoms with Gasteiger partial charge in [-0.25, -0.2) is 0 Å². The zero-order chi connectivity index (χ0) is 13.4. The van der Waals surface area contributed by atoms with Crippen molar-refractivity contribution >= 4 is 15.9 Å². The van der Waals surface area contributed by atoms with Gasteiger partial charge >= 0.3 is 0 Å². The number of fused-ring (bicyclic) bond motifs is 1. The number of rotatable bonds is 2. The fourth-order valence-corrected chi connectivity index (χ4v) is 4.09. The first-order chi connectivity index (χ1) is 9.15. The molecule has 1 aromatic carbocycles. The van der Waals surface area contributed by atoms with Gasteiger partial charge < -0.3 is 10.2 Å². The number of halogens is 1. The smallest absolute Gasteiger partial charge is 0.0328 e. The molecule has 1 heterocycles. The second kappa shape index (κ2) is 5.55. The average Bonchev–Trinajstić information content (AvgIpc) is 2.79. The Morgan fingerprint density at radius 3 is 2.95 bits per heavy atom. The van der Waals surface area contributed by atoms with Gasteiger partial charge in [-0.05, 0) is 63.4 Å². The summed E-state index contributed by atoms with van der Waals surface area (Å²) in [5, 5.41) is 3.90. The van der Waals surface area contributed by atoms with Crippen molar-refractivity contribution in [2.24, 2.45) is 0 Å². The molecule has 19 heavy (non-hydrogen) atoms. The van der Waals surface area contributed by atoms with Crippen LogP contribution in [0.5, 0.6) is 0 Å². The first-order valence-electron chi connectivity index (χ1n) is 7.38. The first kappa shape index (κ1) is 13.6. The van der Waals surface area contributed by atoms with Gasteiger partial charge in [0.25, 0.3) is 0 Å². The lowest BCUT2D eigenvalue weighted by Crippen LogP contribution is -2.46. The molecule has 0 saturated carbocycles. The Hall–Kier alpha value is -0.380. The van der Waals surface area contributed by atoms with Gasteiger partial charge in [-0.2, -0.15) is 0 Å². The summed E-state index contributed by atoms with van der Waals surface area (Å²) >= 11 is 3.68. The zero-order valence-corrected chi connectivity index (χ0v) is 13.4. The Balaban J connectivity index is 1.68. The number of piperidine rings is 1. The maximum Gasteiger partial charge on any atom is 0.0328 e. The van der Waals surface area contributed by atoms with E-state index in [9.17, 15) is 0 Å². The lowest BCUT2D eigenvalue weighted by Gasteiger charge is -2.36. The van der Waals surface area contributed by atoms with Gasteiger partial charge in [-0.15, -0.1) is 0 Å². The van der Waals surface area contributed by atoms with Crippen LogP contribution in [0.3, 0.4) is 0 Å². The summed E-state index contributed by atoms with van der Waals surface area (Å²) < 4.78 is 1.28. The second-order valence-electron chi connectivity index (χ2n) is 6.12. The van der Waals surface area contributed by atoms with Crippen LogP contribution in [0.25, 0.3) is 0 Å². The molecule has 3 atom stereocenters. The summed E-state index contributed by atoms with van der Waals surface area (Å²) in [5.74, 6) is 0. The predicted octanol–water partition coefficient (Wildman–Crippen LogP) is 3.51. The number of nitrogens with zero attached hydrogens (tertiary/aromatic N) is 1. The maximum absolute atomic E-state index is 3.90. The molecular weight excluding hydrogens is 300 g/mol. The molecule has 3 rings (SSSR count). The van der Waals surface area contributed by atoms with Crippen molar-refractivity contribution in [3.8, 4) is 0 Å². The highest BCUT2D eigenvalue weighted by atomic mass is 79.9. The highest BCUT2D eigenvalue weighted by Crippen LogP contribution is 2.36. The highest BCUT2D eigenvalue weighted by Gasteiger charge is 2.29. The maximum atomic E-state index is 3.90. The van der Waals surface area contributed by atoms with Crippen LogP contribution >= 0.6 is 15.9 Å². The highest BCUT2D eigenvalue weighted by molar-refractivity contribution is 9.10. The third-order valence-electron chi connectivity index (χ3n) is 4.86. The van der Waals surface area contributed by atoms with Crippen LogP contribution in [0.4, 0.5) is 0 Å². The normalized spacial score (nSPS) is 31.4. The molecule has 2 aliphatic rings. The van der Waals surface area contributed by atoms with E-state index in [1.165, 1.54) is 47.8 Å². The van der Waals surface area contributed by atoms with Crippen LogP contribution in [-0.4, -0.2) is 30.6 Å². The van der Waals surface area contributed by atoms with Crippen molar-refractivity contribution in [1.82, 2.24) is 10.2 Å². The van der Waals surface area contributed by atoms with Crippen LogP contribution in [0.1, 0.15) is 43.4 Å². The van der Waals surface area contributed by atoms with Crippen LogP contribution in [0, 0.1) is 0 Å². The molecule has 0 amide bonds. The SMILES string of the molecule is CC1CC(NC2CCc3c(Br)cccc32)CCN1C. The summed E-state index contributed by atoms with van der Waals surface area (Å²) in [6, 6.07) is 8.58. The average molecular weight is 323 g/mol. The van der Waals surface area contributed by atoms with E-state index in [0.717, 1.165) is 0 Å². The molecule has 0 spiro atoms. The second-order valence-corrected chi connectivity index (χ2v) is 6.97. The lowest BCUT2D eigenvalue weighted by molar-refractivity contribution is 0.162. The van der Waals surface area contributed by atoms with Gasteiger partial charge in [0.1, 0.15) is 0 Å². The Bertz CT molecular complexity index is 460. The third-order valence-corrected chi connectivity index (χ3v) is 5.60. The number of hydrogen-bond donors (Lipinski definition) is 1. The Labute approximate surface area is 124 Å². The molecule has 3 heteroatoms. The van der Waals surface area contributed by atoms with Crippen LogP contribution in [-0.2, 0) is 6.42 Å². The van der Waals surface area contributed by atoms with E-state index in [2.05, 4.69) is 58.3 Å². The molecular formula is C16H23BrN2. The van der Waals surface area contributed by atoms with E-state index >= 15 is 0 Å². The number of benzene rings is 1. The van der Waals surface area contributed by atoms with Crippen LogP contribution < -0.4 is 5.32 Å². The topological polar surface area (TPSA) is 15.3 Å². The molecule has 2 nitrogen and oxygen atoms in total. The summed E-state index contributed by atoms with van der Waals surface area (Å²) in [6.07, 6.45) is 5.01. The van der Waals surface area contributed by atoms with Crippen molar-refractivity contribution in [1.29, 1.82) is 0 Å². The van der Waals surface area contributed by atoms with Gasteiger partial charge in [0.15, 0.2) is 0 Å². The largest absolute Gasteiger partial charge is 0.307 e. The van der Waals surface area contributed by atoms with Crippen LogP contribution in [0.15, 0.2) is 22.7 Å². The minimum atomic E-state index is 0.563. The third kappa shape index (κ3) is 2.74. The van der Waals surface area contributed by atoms with Crippen molar-refractivity contribution in [2.75, 3.05) is 13.6 Å². The van der Waals surface area contributed by atoms with Gasteiger partial charge in [0.2, 0.25) is 0 Å². The fourth-order valence-electron chi connectivity index (χ4n) is 3.51. The van der Waals surface area contributed by atoms with E-state index in [1.54, 1.807) is 0 Å². The molecule has 1 fully saturated rings. The summed E-state index contributed by atoms with van der Waals surface area (Å²) in [5.41, 5.74) is 3.03. The monoisotopic (exact) mass is 322 g/mol.